The normalized spacial score (nSPS) is 11.5. The number of rotatable bonds is 4. The van der Waals surface area contributed by atoms with E-state index in [0.717, 1.165) is 11.3 Å². The quantitative estimate of drug-likeness (QED) is 0.803. The van der Waals surface area contributed by atoms with Crippen LogP contribution in [0.4, 0.5) is 0 Å². The van der Waals surface area contributed by atoms with Gasteiger partial charge in [0.25, 0.3) is 0 Å². The molecular formula is C16H15N3O2S. The number of nitrogens with one attached hydrogen (secondary N) is 1. The van der Waals surface area contributed by atoms with E-state index in [2.05, 4.69) is 15.0 Å². The maximum atomic E-state index is 12.4. The summed E-state index contributed by atoms with van der Waals surface area (Å²) in [6.07, 6.45) is 1.50. The average Bonchev–Trinajstić information content (AvgIpc) is 2.98. The van der Waals surface area contributed by atoms with E-state index < -0.39 is 9.84 Å². The van der Waals surface area contributed by atoms with Gasteiger partial charge in [0, 0.05) is 5.69 Å². The summed E-state index contributed by atoms with van der Waals surface area (Å²) in [6.45, 7) is 1.88. The van der Waals surface area contributed by atoms with Crippen molar-refractivity contribution in [2.24, 2.45) is 0 Å². The molecule has 0 fully saturated rings. The minimum absolute atomic E-state index is 0.0327. The molecule has 0 spiro atoms. The number of nitrogens with zero attached hydrogens (tertiary/aromatic N) is 2. The Morgan fingerprint density at radius 3 is 2.55 bits per heavy atom. The van der Waals surface area contributed by atoms with Gasteiger partial charge < -0.3 is 4.98 Å². The Hall–Kier alpha value is -2.47. The van der Waals surface area contributed by atoms with Gasteiger partial charge in [-0.3, -0.25) is 4.98 Å². The van der Waals surface area contributed by atoms with Crippen molar-refractivity contribution >= 4 is 9.84 Å². The van der Waals surface area contributed by atoms with Gasteiger partial charge in [-0.05, 0) is 24.6 Å². The molecule has 1 aromatic carbocycles. The van der Waals surface area contributed by atoms with Crippen molar-refractivity contribution in [3.05, 3.63) is 66.0 Å². The predicted molar refractivity (Wildman–Crippen MR) is 83.9 cm³/mol. The molecule has 3 aromatic rings. The highest BCUT2D eigenvalue weighted by Gasteiger charge is 2.19. The van der Waals surface area contributed by atoms with Crippen molar-refractivity contribution in [3.63, 3.8) is 0 Å². The smallest absolute Gasteiger partial charge is 0.225 e. The lowest BCUT2D eigenvalue weighted by Gasteiger charge is -2.01. The van der Waals surface area contributed by atoms with E-state index in [1.54, 1.807) is 12.1 Å². The van der Waals surface area contributed by atoms with Gasteiger partial charge in [0.05, 0.1) is 23.3 Å². The number of H-pyrrole nitrogens is 1. The second kappa shape index (κ2) is 5.73. The van der Waals surface area contributed by atoms with Gasteiger partial charge in [0.15, 0.2) is 0 Å². The fraction of sp³-hybridized carbons (Fsp3) is 0.125. The molecule has 0 aliphatic carbocycles. The first-order valence-electron chi connectivity index (χ1n) is 6.80. The molecular weight excluding hydrogens is 298 g/mol. The Labute approximate surface area is 129 Å². The van der Waals surface area contributed by atoms with E-state index in [1.165, 1.54) is 6.20 Å². The number of hydrogen-bond acceptors (Lipinski definition) is 4. The zero-order valence-corrected chi connectivity index (χ0v) is 12.8. The van der Waals surface area contributed by atoms with Crippen LogP contribution in [-0.2, 0) is 15.6 Å². The number of sulfone groups is 1. The summed E-state index contributed by atoms with van der Waals surface area (Å²) in [4.78, 5) is 11.2. The number of hydrogen-bond donors (Lipinski definition) is 1. The van der Waals surface area contributed by atoms with Gasteiger partial charge in [-0.15, -0.1) is 0 Å². The highest BCUT2D eigenvalue weighted by molar-refractivity contribution is 7.90. The second-order valence-corrected chi connectivity index (χ2v) is 6.92. The molecule has 112 valence electrons. The molecule has 1 N–H and O–H groups in total. The summed E-state index contributed by atoms with van der Waals surface area (Å²) in [7, 11) is -3.51. The topological polar surface area (TPSA) is 75.7 Å². The van der Waals surface area contributed by atoms with Crippen LogP contribution in [0, 0.1) is 6.92 Å². The molecule has 0 bridgehead atoms. The monoisotopic (exact) mass is 313 g/mol. The van der Waals surface area contributed by atoms with Gasteiger partial charge in [-0.2, -0.15) is 0 Å². The molecule has 0 aliphatic rings. The zero-order chi connectivity index (χ0) is 15.6. The van der Waals surface area contributed by atoms with E-state index in [9.17, 15) is 8.42 Å². The molecule has 0 aliphatic heterocycles. The van der Waals surface area contributed by atoms with E-state index >= 15 is 0 Å². The highest BCUT2D eigenvalue weighted by atomic mass is 32.2. The number of pyridine rings is 1. The van der Waals surface area contributed by atoms with E-state index in [4.69, 9.17) is 0 Å². The molecule has 2 aromatic heterocycles. The lowest BCUT2D eigenvalue weighted by Crippen LogP contribution is -2.06. The van der Waals surface area contributed by atoms with Crippen molar-refractivity contribution in [1.29, 1.82) is 0 Å². The van der Waals surface area contributed by atoms with Gasteiger partial charge in [0.2, 0.25) is 15.0 Å². The van der Waals surface area contributed by atoms with Crippen LogP contribution in [-0.4, -0.2) is 23.4 Å². The third-order valence-electron chi connectivity index (χ3n) is 3.21. The summed E-state index contributed by atoms with van der Waals surface area (Å²) < 4.78 is 24.8. The summed E-state index contributed by atoms with van der Waals surface area (Å²) >= 11 is 0. The van der Waals surface area contributed by atoms with Crippen LogP contribution in [0.3, 0.4) is 0 Å². The Bertz CT molecular complexity index is 887. The van der Waals surface area contributed by atoms with Crippen LogP contribution in [0.1, 0.15) is 11.3 Å². The molecule has 2 heterocycles. The first kappa shape index (κ1) is 14.5. The third kappa shape index (κ3) is 3.07. The zero-order valence-electron chi connectivity index (χ0n) is 12.0. The van der Waals surface area contributed by atoms with Crippen molar-refractivity contribution in [3.8, 4) is 11.4 Å². The first-order chi connectivity index (χ1) is 10.5. The van der Waals surface area contributed by atoms with Crippen molar-refractivity contribution in [1.82, 2.24) is 15.0 Å². The van der Waals surface area contributed by atoms with Crippen molar-refractivity contribution < 1.29 is 8.42 Å². The summed E-state index contributed by atoms with van der Waals surface area (Å²) in [5, 5.41) is -0.0327. The lowest BCUT2D eigenvalue weighted by molar-refractivity contribution is 0.588. The summed E-state index contributed by atoms with van der Waals surface area (Å²) in [5.41, 5.74) is 2.86. The van der Waals surface area contributed by atoms with Gasteiger partial charge in [-0.1, -0.05) is 36.4 Å². The number of imidazole rings is 1. The molecule has 6 heteroatoms. The number of benzene rings is 1. The molecule has 0 unspecified atom stereocenters. The van der Waals surface area contributed by atoms with Gasteiger partial charge in [-0.25, -0.2) is 13.4 Å². The minimum Gasteiger partial charge on any atom is -0.327 e. The molecule has 0 saturated carbocycles. The summed E-state index contributed by atoms with van der Waals surface area (Å²) in [5.74, 6) is -0.0813. The molecule has 0 amide bonds. The summed E-state index contributed by atoms with van der Waals surface area (Å²) in [6, 6.07) is 14.6. The van der Waals surface area contributed by atoms with Crippen LogP contribution in [0.5, 0.6) is 0 Å². The lowest BCUT2D eigenvalue weighted by atomic mass is 10.2. The van der Waals surface area contributed by atoms with Crippen molar-refractivity contribution in [2.45, 2.75) is 17.8 Å². The van der Waals surface area contributed by atoms with Crippen LogP contribution in [0.2, 0.25) is 0 Å². The number of aryl methyl sites for hydroxylation is 1. The molecule has 0 radical (unpaired) electrons. The highest BCUT2D eigenvalue weighted by Crippen LogP contribution is 2.19. The van der Waals surface area contributed by atoms with Crippen LogP contribution >= 0.6 is 0 Å². The maximum absolute atomic E-state index is 12.4. The number of aromatic nitrogens is 3. The number of aromatic amines is 1. The first-order valence-corrected chi connectivity index (χ1v) is 8.45. The molecule has 5 nitrogen and oxygen atoms in total. The Balaban J connectivity index is 1.90. The molecule has 22 heavy (non-hydrogen) atoms. The Morgan fingerprint density at radius 1 is 1.05 bits per heavy atom. The second-order valence-electron chi connectivity index (χ2n) is 5.01. The largest absolute Gasteiger partial charge is 0.327 e. The standard InChI is InChI=1S/C16H15N3O2S/c1-12-6-5-9-14(18-12)15-10-17-16(19-15)22(20,21)11-13-7-3-2-4-8-13/h2-10H,11H2,1H3,(H,17,19). The molecule has 0 saturated heterocycles. The van der Waals surface area contributed by atoms with Gasteiger partial charge in [0.1, 0.15) is 0 Å². The molecule has 0 atom stereocenters. The van der Waals surface area contributed by atoms with Crippen LogP contribution in [0.15, 0.2) is 59.9 Å². The average molecular weight is 313 g/mol. The fourth-order valence-electron chi connectivity index (χ4n) is 2.15. The fourth-order valence-corrected chi connectivity index (χ4v) is 3.39. The van der Waals surface area contributed by atoms with E-state index in [-0.39, 0.29) is 10.9 Å². The SMILES string of the molecule is Cc1cccc(-c2cnc(S(=O)(=O)Cc3ccccc3)[nH]2)n1. The Morgan fingerprint density at radius 2 is 1.82 bits per heavy atom. The Kier molecular flexibility index (Phi) is 3.77. The third-order valence-corrected chi connectivity index (χ3v) is 4.72. The van der Waals surface area contributed by atoms with E-state index in [1.807, 2.05) is 43.3 Å². The molecule has 3 rings (SSSR count). The van der Waals surface area contributed by atoms with Crippen LogP contribution in [0.25, 0.3) is 11.4 Å². The minimum atomic E-state index is -3.51. The van der Waals surface area contributed by atoms with Crippen LogP contribution < -0.4 is 0 Å². The van der Waals surface area contributed by atoms with E-state index in [0.29, 0.717) is 11.4 Å². The maximum Gasteiger partial charge on any atom is 0.225 e. The predicted octanol–water partition coefficient (Wildman–Crippen LogP) is 2.75. The van der Waals surface area contributed by atoms with Gasteiger partial charge >= 0.3 is 0 Å². The van der Waals surface area contributed by atoms with Crippen molar-refractivity contribution in [2.75, 3.05) is 0 Å².